The van der Waals surface area contributed by atoms with Gasteiger partial charge >= 0.3 is 0 Å². The zero-order chi connectivity index (χ0) is 15.6. The minimum Gasteiger partial charge on any atom is -0.347 e. The van der Waals surface area contributed by atoms with Crippen molar-refractivity contribution < 1.29 is 4.79 Å². The molecule has 0 aliphatic carbocycles. The number of aromatic nitrogens is 1. The molecule has 116 valence electrons. The summed E-state index contributed by atoms with van der Waals surface area (Å²) in [4.78, 5) is 16.2. The molecule has 0 spiro atoms. The number of hydrogen-bond acceptors (Lipinski definition) is 2. The minimum atomic E-state index is 0.0370. The first-order chi connectivity index (χ1) is 11.3. The number of hydrogen-bond donors (Lipinski definition) is 0. The Hall–Kier alpha value is -2.33. The van der Waals surface area contributed by atoms with Gasteiger partial charge in [0.15, 0.2) is 0 Å². The number of rotatable bonds is 3. The van der Waals surface area contributed by atoms with Gasteiger partial charge in [-0.15, -0.1) is 11.3 Å². The van der Waals surface area contributed by atoms with Gasteiger partial charge in [0.2, 0.25) is 5.91 Å². The molecule has 1 unspecified atom stereocenters. The summed E-state index contributed by atoms with van der Waals surface area (Å²) in [7, 11) is 0. The molecule has 23 heavy (non-hydrogen) atoms. The SMILES string of the molecule is O=C(Cc1ccccc1)N1CCn2cccc2C1c1cccs1. The number of carbonyl (C=O) groups excluding carboxylic acids is 1. The molecule has 1 atom stereocenters. The predicted octanol–water partition coefficient (Wildman–Crippen LogP) is 3.72. The average Bonchev–Trinajstić information content (AvgIpc) is 3.26. The molecule has 1 aromatic carbocycles. The van der Waals surface area contributed by atoms with Crippen LogP contribution in [0.3, 0.4) is 0 Å². The summed E-state index contributed by atoms with van der Waals surface area (Å²) in [5.41, 5.74) is 2.28. The van der Waals surface area contributed by atoms with E-state index in [1.165, 1.54) is 10.6 Å². The van der Waals surface area contributed by atoms with Crippen LogP contribution in [0.15, 0.2) is 66.2 Å². The number of carbonyl (C=O) groups is 1. The standard InChI is InChI=1S/C19H18N2OS/c22-18(14-15-6-2-1-3-7-15)21-12-11-20-10-4-8-16(20)19(21)17-9-5-13-23-17/h1-10,13,19H,11-12,14H2. The summed E-state index contributed by atoms with van der Waals surface area (Å²) in [5.74, 6) is 0.196. The minimum absolute atomic E-state index is 0.0370. The molecule has 2 aromatic heterocycles. The molecular weight excluding hydrogens is 304 g/mol. The molecule has 0 N–H and O–H groups in total. The number of thiophene rings is 1. The van der Waals surface area contributed by atoms with Crippen LogP contribution in [0, 0.1) is 0 Å². The molecule has 0 saturated heterocycles. The monoisotopic (exact) mass is 322 g/mol. The van der Waals surface area contributed by atoms with Crippen LogP contribution in [0.2, 0.25) is 0 Å². The molecule has 1 aliphatic rings. The molecule has 1 aliphatic heterocycles. The highest BCUT2D eigenvalue weighted by Crippen LogP contribution is 2.35. The van der Waals surface area contributed by atoms with Crippen LogP contribution in [-0.4, -0.2) is 21.9 Å². The average molecular weight is 322 g/mol. The maximum atomic E-state index is 12.9. The van der Waals surface area contributed by atoms with E-state index in [2.05, 4.69) is 40.4 Å². The van der Waals surface area contributed by atoms with Crippen LogP contribution < -0.4 is 0 Å². The van der Waals surface area contributed by atoms with Crippen LogP contribution in [0.1, 0.15) is 22.2 Å². The van der Waals surface area contributed by atoms with Crippen molar-refractivity contribution in [1.29, 1.82) is 0 Å². The molecule has 4 heteroatoms. The van der Waals surface area contributed by atoms with Crippen molar-refractivity contribution in [3.8, 4) is 0 Å². The third-order valence-electron chi connectivity index (χ3n) is 4.37. The Morgan fingerprint density at radius 3 is 2.70 bits per heavy atom. The third kappa shape index (κ3) is 2.70. The van der Waals surface area contributed by atoms with Gasteiger partial charge in [-0.2, -0.15) is 0 Å². The predicted molar refractivity (Wildman–Crippen MR) is 92.5 cm³/mol. The van der Waals surface area contributed by atoms with Gasteiger partial charge in [-0.05, 0) is 29.1 Å². The lowest BCUT2D eigenvalue weighted by Crippen LogP contribution is -2.42. The van der Waals surface area contributed by atoms with Crippen molar-refractivity contribution in [3.63, 3.8) is 0 Å². The molecule has 3 aromatic rings. The molecule has 0 fully saturated rings. The highest BCUT2D eigenvalue weighted by atomic mass is 32.1. The van der Waals surface area contributed by atoms with E-state index in [0.717, 1.165) is 18.7 Å². The summed E-state index contributed by atoms with van der Waals surface area (Å²) in [6.07, 6.45) is 2.57. The Morgan fingerprint density at radius 1 is 1.04 bits per heavy atom. The molecule has 0 saturated carbocycles. The van der Waals surface area contributed by atoms with E-state index in [4.69, 9.17) is 0 Å². The lowest BCUT2D eigenvalue weighted by atomic mass is 10.1. The zero-order valence-electron chi connectivity index (χ0n) is 12.8. The van der Waals surface area contributed by atoms with E-state index in [-0.39, 0.29) is 11.9 Å². The Morgan fingerprint density at radius 2 is 1.91 bits per heavy atom. The second kappa shape index (κ2) is 6.05. The Balaban J connectivity index is 1.66. The van der Waals surface area contributed by atoms with Crippen molar-refractivity contribution in [3.05, 3.63) is 82.3 Å². The first kappa shape index (κ1) is 14.3. The van der Waals surface area contributed by atoms with Crippen molar-refractivity contribution in [2.45, 2.75) is 19.0 Å². The molecule has 3 heterocycles. The fraction of sp³-hybridized carbons (Fsp3) is 0.211. The third-order valence-corrected chi connectivity index (χ3v) is 5.29. The summed E-state index contributed by atoms with van der Waals surface area (Å²) < 4.78 is 2.26. The molecule has 4 rings (SSSR count). The van der Waals surface area contributed by atoms with Gasteiger partial charge in [-0.1, -0.05) is 36.4 Å². The van der Waals surface area contributed by atoms with Crippen LogP contribution in [0.4, 0.5) is 0 Å². The fourth-order valence-electron chi connectivity index (χ4n) is 3.27. The van der Waals surface area contributed by atoms with E-state index in [9.17, 15) is 4.79 Å². The second-order valence-electron chi connectivity index (χ2n) is 5.79. The van der Waals surface area contributed by atoms with E-state index in [1.54, 1.807) is 11.3 Å². The maximum Gasteiger partial charge on any atom is 0.227 e. The summed E-state index contributed by atoms with van der Waals surface area (Å²) in [6, 6.07) is 18.4. The van der Waals surface area contributed by atoms with E-state index in [0.29, 0.717) is 6.42 Å². The summed E-state index contributed by atoms with van der Waals surface area (Å²) in [5, 5.41) is 2.08. The van der Waals surface area contributed by atoms with Crippen LogP contribution >= 0.6 is 11.3 Å². The molecule has 0 bridgehead atoms. The van der Waals surface area contributed by atoms with E-state index < -0.39 is 0 Å². The lowest BCUT2D eigenvalue weighted by Gasteiger charge is -2.36. The van der Waals surface area contributed by atoms with Gasteiger partial charge in [-0.3, -0.25) is 4.79 Å². The lowest BCUT2D eigenvalue weighted by molar-refractivity contribution is -0.133. The highest BCUT2D eigenvalue weighted by molar-refractivity contribution is 7.10. The van der Waals surface area contributed by atoms with Crippen molar-refractivity contribution in [1.82, 2.24) is 9.47 Å². The van der Waals surface area contributed by atoms with Gasteiger partial charge in [0, 0.05) is 29.9 Å². The fourth-order valence-corrected chi connectivity index (χ4v) is 4.12. The van der Waals surface area contributed by atoms with Gasteiger partial charge in [0.1, 0.15) is 6.04 Å². The van der Waals surface area contributed by atoms with Crippen molar-refractivity contribution in [2.24, 2.45) is 0 Å². The topological polar surface area (TPSA) is 25.2 Å². The quantitative estimate of drug-likeness (QED) is 0.721. The molecular formula is C19H18N2OS. The van der Waals surface area contributed by atoms with E-state index in [1.807, 2.05) is 35.2 Å². The first-order valence-electron chi connectivity index (χ1n) is 7.85. The number of nitrogens with zero attached hydrogens (tertiary/aromatic N) is 2. The Labute approximate surface area is 139 Å². The van der Waals surface area contributed by atoms with Crippen molar-refractivity contribution in [2.75, 3.05) is 6.54 Å². The van der Waals surface area contributed by atoms with Crippen molar-refractivity contribution >= 4 is 17.2 Å². The largest absolute Gasteiger partial charge is 0.347 e. The highest BCUT2D eigenvalue weighted by Gasteiger charge is 2.32. The smallest absolute Gasteiger partial charge is 0.227 e. The van der Waals surface area contributed by atoms with Gasteiger partial charge in [-0.25, -0.2) is 0 Å². The van der Waals surface area contributed by atoms with Crippen LogP contribution in [-0.2, 0) is 17.8 Å². The molecule has 3 nitrogen and oxygen atoms in total. The Bertz CT molecular complexity index is 792. The zero-order valence-corrected chi connectivity index (χ0v) is 13.6. The van der Waals surface area contributed by atoms with Crippen LogP contribution in [0.5, 0.6) is 0 Å². The maximum absolute atomic E-state index is 12.9. The Kier molecular flexibility index (Phi) is 3.75. The summed E-state index contributed by atoms with van der Waals surface area (Å²) in [6.45, 7) is 1.63. The van der Waals surface area contributed by atoms with Crippen LogP contribution in [0.25, 0.3) is 0 Å². The normalized spacial score (nSPS) is 17.0. The van der Waals surface area contributed by atoms with Gasteiger partial charge < -0.3 is 9.47 Å². The number of benzene rings is 1. The molecule has 1 amide bonds. The first-order valence-corrected chi connectivity index (χ1v) is 8.73. The second-order valence-corrected chi connectivity index (χ2v) is 6.77. The van der Waals surface area contributed by atoms with E-state index >= 15 is 0 Å². The molecule has 0 radical (unpaired) electrons. The number of fused-ring (bicyclic) bond motifs is 1. The van der Waals surface area contributed by atoms with Gasteiger partial charge in [0.05, 0.1) is 6.42 Å². The number of amides is 1. The summed E-state index contributed by atoms with van der Waals surface area (Å²) >= 11 is 1.72. The van der Waals surface area contributed by atoms with Gasteiger partial charge in [0.25, 0.3) is 0 Å².